The summed E-state index contributed by atoms with van der Waals surface area (Å²) in [6, 6.07) is 12.0. The van der Waals surface area contributed by atoms with Crippen LogP contribution in [0.25, 0.3) is 0 Å². The van der Waals surface area contributed by atoms with Gasteiger partial charge in [0.15, 0.2) is 5.78 Å². The second kappa shape index (κ2) is 10.1. The van der Waals surface area contributed by atoms with Crippen molar-refractivity contribution in [1.29, 1.82) is 5.26 Å². The molecule has 1 amide bonds. The topological polar surface area (TPSA) is 79.2 Å². The normalized spacial score (nSPS) is 26.7. The third kappa shape index (κ3) is 4.43. The van der Waals surface area contributed by atoms with Crippen molar-refractivity contribution in [2.75, 3.05) is 12.4 Å². The molecule has 0 bridgehead atoms. The van der Waals surface area contributed by atoms with Gasteiger partial charge in [-0.05, 0) is 98.4 Å². The Labute approximate surface area is 214 Å². The van der Waals surface area contributed by atoms with E-state index in [-0.39, 0.29) is 23.5 Å². The molecule has 2 aromatic rings. The molecule has 0 aliphatic heterocycles. The van der Waals surface area contributed by atoms with E-state index in [1.54, 1.807) is 13.2 Å². The van der Waals surface area contributed by atoms with Crippen molar-refractivity contribution in [3.8, 4) is 11.8 Å². The van der Waals surface area contributed by atoms with Crippen LogP contribution in [0.1, 0.15) is 78.1 Å². The summed E-state index contributed by atoms with van der Waals surface area (Å²) in [5.41, 5.74) is 5.39. The van der Waals surface area contributed by atoms with Crippen LogP contribution >= 0.6 is 0 Å². The summed E-state index contributed by atoms with van der Waals surface area (Å²) in [6.45, 7) is 4.19. The highest BCUT2D eigenvalue weighted by molar-refractivity contribution is 6.04. The predicted octanol–water partition coefficient (Wildman–Crippen LogP) is 6.26. The maximum Gasteiger partial charge on any atom is 0.227 e. The number of fused-ring (bicyclic) bond motifs is 2. The van der Waals surface area contributed by atoms with Crippen LogP contribution in [0.15, 0.2) is 30.3 Å². The largest absolute Gasteiger partial charge is 0.496 e. The third-order valence-corrected chi connectivity index (χ3v) is 8.93. The van der Waals surface area contributed by atoms with E-state index in [9.17, 15) is 14.9 Å². The molecule has 0 heterocycles. The summed E-state index contributed by atoms with van der Waals surface area (Å²) in [5, 5.41) is 12.7. The Hall–Kier alpha value is -3.13. The van der Waals surface area contributed by atoms with E-state index in [1.165, 1.54) is 0 Å². The van der Waals surface area contributed by atoms with E-state index in [1.807, 2.05) is 31.2 Å². The highest BCUT2D eigenvalue weighted by Gasteiger charge is 2.58. The fraction of sp³-hybridized carbons (Fsp3) is 0.516. The van der Waals surface area contributed by atoms with Crippen molar-refractivity contribution in [3.63, 3.8) is 0 Å². The first-order valence-electron chi connectivity index (χ1n) is 13.5. The lowest BCUT2D eigenvalue weighted by Crippen LogP contribution is -2.28. The SMILES string of the molecule is CCCc1ccc(NC(=O)C2CCC(C3C4CCc5c(C)ccc(C#N)c5C(=O)C43)CC2)cc1OC. The fourth-order valence-electron chi connectivity index (χ4n) is 7.02. The molecule has 5 nitrogen and oxygen atoms in total. The molecule has 3 aliphatic carbocycles. The predicted molar refractivity (Wildman–Crippen MR) is 140 cm³/mol. The fourth-order valence-corrected chi connectivity index (χ4v) is 7.02. The quantitative estimate of drug-likeness (QED) is 0.524. The van der Waals surface area contributed by atoms with Crippen molar-refractivity contribution in [3.05, 3.63) is 58.1 Å². The van der Waals surface area contributed by atoms with Gasteiger partial charge in [-0.1, -0.05) is 25.5 Å². The number of hydrogen-bond donors (Lipinski definition) is 1. The minimum Gasteiger partial charge on any atom is -0.496 e. The number of ether oxygens (including phenoxy) is 1. The highest BCUT2D eigenvalue weighted by Crippen LogP contribution is 2.60. The standard InChI is InChI=1S/C31H36N2O3/c1-4-5-19-12-13-23(16-26(19)36-3)33-31(35)21-10-8-20(9-11-21)27-25-15-14-24-18(2)6-7-22(17-32)28(24)30(34)29(25)27/h6-7,12-13,16,20-21,25,27,29H,4-5,8-11,14-15H2,1-3H3,(H,33,35). The van der Waals surface area contributed by atoms with Crippen LogP contribution in [-0.4, -0.2) is 18.8 Å². The number of rotatable bonds is 6. The van der Waals surface area contributed by atoms with Gasteiger partial charge in [-0.3, -0.25) is 9.59 Å². The van der Waals surface area contributed by atoms with Gasteiger partial charge < -0.3 is 10.1 Å². The second-order valence-corrected chi connectivity index (χ2v) is 10.9. The minimum absolute atomic E-state index is 0.00962. The Bertz CT molecular complexity index is 1220. The van der Waals surface area contributed by atoms with Crippen LogP contribution in [0.4, 0.5) is 5.69 Å². The Balaban J connectivity index is 1.20. The molecular weight excluding hydrogens is 448 g/mol. The molecule has 3 unspecified atom stereocenters. The Morgan fingerprint density at radius 2 is 1.92 bits per heavy atom. The number of amides is 1. The average molecular weight is 485 g/mol. The molecule has 0 aromatic heterocycles. The molecule has 36 heavy (non-hydrogen) atoms. The number of hydrogen-bond acceptors (Lipinski definition) is 4. The average Bonchev–Trinajstić information content (AvgIpc) is 3.64. The number of methoxy groups -OCH3 is 1. The molecule has 0 saturated heterocycles. The maximum atomic E-state index is 13.5. The van der Waals surface area contributed by atoms with Crippen LogP contribution in [-0.2, 0) is 17.6 Å². The first-order chi connectivity index (χ1) is 17.5. The molecule has 2 fully saturated rings. The zero-order valence-corrected chi connectivity index (χ0v) is 21.6. The number of Topliss-reactive ketones (excluding diaryl/α,β-unsaturated/α-hetero) is 1. The lowest BCUT2D eigenvalue weighted by atomic mass is 9.77. The van der Waals surface area contributed by atoms with Gasteiger partial charge in [0.2, 0.25) is 5.91 Å². The van der Waals surface area contributed by atoms with Crippen LogP contribution in [0.2, 0.25) is 0 Å². The molecular formula is C31H36N2O3. The molecule has 0 radical (unpaired) electrons. The third-order valence-electron chi connectivity index (χ3n) is 8.93. The van der Waals surface area contributed by atoms with Gasteiger partial charge in [0.25, 0.3) is 0 Å². The number of carbonyl (C=O) groups is 2. The number of anilines is 1. The Morgan fingerprint density at radius 3 is 2.61 bits per heavy atom. The molecule has 5 heteroatoms. The minimum atomic E-state index is 0.00962. The van der Waals surface area contributed by atoms with Crippen molar-refractivity contribution in [2.24, 2.45) is 29.6 Å². The van der Waals surface area contributed by atoms with Gasteiger partial charge in [-0.25, -0.2) is 0 Å². The second-order valence-electron chi connectivity index (χ2n) is 10.9. The zero-order chi connectivity index (χ0) is 25.4. The molecule has 5 rings (SSSR count). The number of aryl methyl sites for hydroxylation is 2. The molecule has 3 aliphatic rings. The molecule has 1 N–H and O–H groups in total. The Morgan fingerprint density at radius 1 is 1.14 bits per heavy atom. The smallest absolute Gasteiger partial charge is 0.227 e. The number of nitriles is 1. The maximum absolute atomic E-state index is 13.5. The number of nitrogens with one attached hydrogen (secondary N) is 1. The number of benzene rings is 2. The van der Waals surface area contributed by atoms with Crippen LogP contribution in [0.3, 0.4) is 0 Å². The van der Waals surface area contributed by atoms with E-state index in [2.05, 4.69) is 18.3 Å². The van der Waals surface area contributed by atoms with E-state index < -0.39 is 0 Å². The monoisotopic (exact) mass is 484 g/mol. The lowest BCUT2D eigenvalue weighted by Gasteiger charge is -2.29. The van der Waals surface area contributed by atoms with Gasteiger partial charge >= 0.3 is 0 Å². The lowest BCUT2D eigenvalue weighted by molar-refractivity contribution is -0.121. The zero-order valence-electron chi connectivity index (χ0n) is 21.6. The van der Waals surface area contributed by atoms with Gasteiger partial charge in [-0.2, -0.15) is 5.26 Å². The first kappa shape index (κ1) is 24.6. The number of carbonyl (C=O) groups excluding carboxylic acids is 2. The molecule has 188 valence electrons. The van der Waals surface area contributed by atoms with Crippen LogP contribution < -0.4 is 10.1 Å². The molecule has 0 spiro atoms. The van der Waals surface area contributed by atoms with E-state index in [0.717, 1.165) is 79.5 Å². The van der Waals surface area contributed by atoms with E-state index >= 15 is 0 Å². The molecule has 3 atom stereocenters. The summed E-state index contributed by atoms with van der Waals surface area (Å²) in [4.78, 5) is 26.6. The summed E-state index contributed by atoms with van der Waals surface area (Å²) in [5.74, 6) is 2.52. The van der Waals surface area contributed by atoms with Gasteiger partial charge in [0.1, 0.15) is 5.75 Å². The van der Waals surface area contributed by atoms with Gasteiger partial charge in [0.05, 0.1) is 18.7 Å². The summed E-state index contributed by atoms with van der Waals surface area (Å²) in [7, 11) is 1.67. The van der Waals surface area contributed by atoms with Crippen molar-refractivity contribution < 1.29 is 14.3 Å². The van der Waals surface area contributed by atoms with Crippen LogP contribution in [0, 0.1) is 47.8 Å². The number of nitrogens with zero attached hydrogens (tertiary/aromatic N) is 1. The van der Waals surface area contributed by atoms with Crippen LogP contribution in [0.5, 0.6) is 5.75 Å². The van der Waals surface area contributed by atoms with Crippen molar-refractivity contribution >= 4 is 17.4 Å². The van der Waals surface area contributed by atoms with E-state index in [4.69, 9.17) is 4.74 Å². The Kier molecular flexibility index (Phi) is 6.88. The van der Waals surface area contributed by atoms with Gasteiger partial charge in [0, 0.05) is 29.2 Å². The highest BCUT2D eigenvalue weighted by atomic mass is 16.5. The summed E-state index contributed by atoms with van der Waals surface area (Å²) < 4.78 is 5.52. The summed E-state index contributed by atoms with van der Waals surface area (Å²) >= 11 is 0. The first-order valence-corrected chi connectivity index (χ1v) is 13.5. The van der Waals surface area contributed by atoms with Crippen molar-refractivity contribution in [2.45, 2.75) is 65.2 Å². The molecule has 2 saturated carbocycles. The van der Waals surface area contributed by atoms with Gasteiger partial charge in [-0.15, -0.1) is 0 Å². The van der Waals surface area contributed by atoms with Crippen molar-refractivity contribution in [1.82, 2.24) is 0 Å². The summed E-state index contributed by atoms with van der Waals surface area (Å²) in [6.07, 6.45) is 7.64. The molecule has 2 aromatic carbocycles. The number of ketones is 1. The van der Waals surface area contributed by atoms with E-state index in [0.29, 0.717) is 28.9 Å².